The van der Waals surface area contributed by atoms with Crippen molar-refractivity contribution in [2.24, 2.45) is 13.0 Å². The number of amides is 1. The first-order chi connectivity index (χ1) is 9.74. The number of nitrogens with one attached hydrogen (secondary N) is 1. The molecule has 20 heavy (non-hydrogen) atoms. The van der Waals surface area contributed by atoms with Gasteiger partial charge in [0, 0.05) is 30.3 Å². The highest BCUT2D eigenvalue weighted by atomic mass is 32.2. The van der Waals surface area contributed by atoms with Gasteiger partial charge in [0.1, 0.15) is 0 Å². The number of anilines is 1. The van der Waals surface area contributed by atoms with Crippen molar-refractivity contribution in [2.45, 2.75) is 29.3 Å². The summed E-state index contributed by atoms with van der Waals surface area (Å²) in [5.74, 6) is 0.338. The molecule has 0 bridgehead atoms. The molecule has 1 aromatic carbocycles. The number of hydrogen-bond acceptors (Lipinski definition) is 3. The molecule has 0 spiro atoms. The highest BCUT2D eigenvalue weighted by Crippen LogP contribution is 2.33. The number of carbonyl (C=O) groups excluding carboxylic acids is 1. The SMILES string of the molecule is Cn1ccnc1Sc1ccccc1NC(=O)C1CCC1. The maximum Gasteiger partial charge on any atom is 0.227 e. The van der Waals surface area contributed by atoms with Crippen LogP contribution >= 0.6 is 11.8 Å². The summed E-state index contributed by atoms with van der Waals surface area (Å²) in [7, 11) is 1.96. The third kappa shape index (κ3) is 2.72. The van der Waals surface area contributed by atoms with Gasteiger partial charge in [0.2, 0.25) is 5.91 Å². The molecular weight excluding hydrogens is 270 g/mol. The number of benzene rings is 1. The summed E-state index contributed by atoms with van der Waals surface area (Å²) in [4.78, 5) is 17.4. The summed E-state index contributed by atoms with van der Waals surface area (Å²) >= 11 is 1.56. The van der Waals surface area contributed by atoms with E-state index in [2.05, 4.69) is 10.3 Å². The molecule has 0 aliphatic heterocycles. The molecule has 0 radical (unpaired) electrons. The van der Waals surface area contributed by atoms with E-state index in [-0.39, 0.29) is 11.8 Å². The smallest absolute Gasteiger partial charge is 0.227 e. The van der Waals surface area contributed by atoms with E-state index < -0.39 is 0 Å². The number of aryl methyl sites for hydroxylation is 1. The lowest BCUT2D eigenvalue weighted by Gasteiger charge is -2.24. The van der Waals surface area contributed by atoms with Crippen molar-refractivity contribution in [3.8, 4) is 0 Å². The van der Waals surface area contributed by atoms with Gasteiger partial charge in [-0.25, -0.2) is 4.98 Å². The quantitative estimate of drug-likeness (QED) is 0.938. The van der Waals surface area contributed by atoms with E-state index in [4.69, 9.17) is 0 Å². The Hall–Kier alpha value is -1.75. The monoisotopic (exact) mass is 287 g/mol. The standard InChI is InChI=1S/C15H17N3OS/c1-18-10-9-16-15(18)20-13-8-3-2-7-12(13)17-14(19)11-5-4-6-11/h2-3,7-11H,4-6H2,1H3,(H,17,19). The molecule has 4 nitrogen and oxygen atoms in total. The van der Waals surface area contributed by atoms with Crippen LogP contribution in [0.4, 0.5) is 5.69 Å². The fourth-order valence-corrected chi connectivity index (χ4v) is 3.00. The molecule has 1 amide bonds. The molecule has 5 heteroatoms. The number of hydrogen-bond donors (Lipinski definition) is 1. The third-order valence-corrected chi connectivity index (χ3v) is 4.75. The zero-order valence-corrected chi connectivity index (χ0v) is 12.2. The Bertz CT molecular complexity index is 619. The van der Waals surface area contributed by atoms with Crippen LogP contribution in [-0.2, 0) is 11.8 Å². The van der Waals surface area contributed by atoms with Crippen LogP contribution in [-0.4, -0.2) is 15.5 Å². The Morgan fingerprint density at radius 3 is 2.85 bits per heavy atom. The maximum atomic E-state index is 12.1. The molecule has 1 aromatic heterocycles. The van der Waals surface area contributed by atoms with Gasteiger partial charge in [0.25, 0.3) is 0 Å². The van der Waals surface area contributed by atoms with E-state index in [9.17, 15) is 4.79 Å². The van der Waals surface area contributed by atoms with Gasteiger partial charge in [0.15, 0.2) is 5.16 Å². The second-order valence-electron chi connectivity index (χ2n) is 5.04. The number of rotatable bonds is 4. The molecule has 1 fully saturated rings. The summed E-state index contributed by atoms with van der Waals surface area (Å²) in [6.07, 6.45) is 6.89. The maximum absolute atomic E-state index is 12.1. The zero-order chi connectivity index (χ0) is 13.9. The first-order valence-electron chi connectivity index (χ1n) is 6.79. The number of nitrogens with zero attached hydrogens (tertiary/aromatic N) is 2. The van der Waals surface area contributed by atoms with E-state index in [0.717, 1.165) is 28.6 Å². The van der Waals surface area contributed by atoms with Crippen LogP contribution < -0.4 is 5.32 Å². The second-order valence-corrected chi connectivity index (χ2v) is 6.05. The Labute approximate surface area is 122 Å². The van der Waals surface area contributed by atoms with E-state index >= 15 is 0 Å². The van der Waals surface area contributed by atoms with Gasteiger partial charge >= 0.3 is 0 Å². The van der Waals surface area contributed by atoms with E-state index in [0.29, 0.717) is 0 Å². The Morgan fingerprint density at radius 2 is 2.20 bits per heavy atom. The van der Waals surface area contributed by atoms with Gasteiger partial charge in [0.05, 0.1) is 5.69 Å². The first-order valence-corrected chi connectivity index (χ1v) is 7.61. The van der Waals surface area contributed by atoms with Crippen molar-refractivity contribution in [3.63, 3.8) is 0 Å². The van der Waals surface area contributed by atoms with Crippen LogP contribution in [0.5, 0.6) is 0 Å². The van der Waals surface area contributed by atoms with Crippen molar-refractivity contribution in [1.82, 2.24) is 9.55 Å². The predicted molar refractivity (Wildman–Crippen MR) is 79.7 cm³/mol. The average molecular weight is 287 g/mol. The van der Waals surface area contributed by atoms with Crippen LogP contribution in [0.1, 0.15) is 19.3 Å². The van der Waals surface area contributed by atoms with Gasteiger partial charge in [-0.1, -0.05) is 18.6 Å². The van der Waals surface area contributed by atoms with Gasteiger partial charge in [-0.05, 0) is 36.7 Å². The highest BCUT2D eigenvalue weighted by molar-refractivity contribution is 7.99. The number of aromatic nitrogens is 2. The predicted octanol–water partition coefficient (Wildman–Crippen LogP) is 3.31. The molecule has 2 aromatic rings. The van der Waals surface area contributed by atoms with E-state index in [1.165, 1.54) is 6.42 Å². The minimum absolute atomic E-state index is 0.143. The largest absolute Gasteiger partial charge is 0.329 e. The van der Waals surface area contributed by atoms with Crippen LogP contribution in [0.25, 0.3) is 0 Å². The van der Waals surface area contributed by atoms with Crippen molar-refractivity contribution in [1.29, 1.82) is 0 Å². The number of para-hydroxylation sites is 1. The van der Waals surface area contributed by atoms with Crippen molar-refractivity contribution in [3.05, 3.63) is 36.7 Å². The molecule has 104 valence electrons. The number of carbonyl (C=O) groups is 1. The van der Waals surface area contributed by atoms with Crippen LogP contribution in [0.15, 0.2) is 46.7 Å². The normalized spacial score (nSPS) is 14.8. The lowest BCUT2D eigenvalue weighted by Crippen LogP contribution is -2.28. The summed E-state index contributed by atoms with van der Waals surface area (Å²) in [5.41, 5.74) is 0.873. The topological polar surface area (TPSA) is 46.9 Å². The van der Waals surface area contributed by atoms with Crippen LogP contribution in [0.2, 0.25) is 0 Å². The molecule has 0 unspecified atom stereocenters. The summed E-state index contributed by atoms with van der Waals surface area (Å²) < 4.78 is 1.97. The summed E-state index contributed by atoms with van der Waals surface area (Å²) in [6.45, 7) is 0. The third-order valence-electron chi connectivity index (χ3n) is 3.60. The fourth-order valence-electron chi connectivity index (χ4n) is 2.11. The van der Waals surface area contributed by atoms with Crippen molar-refractivity contribution >= 4 is 23.4 Å². The Kier molecular flexibility index (Phi) is 3.78. The van der Waals surface area contributed by atoms with Crippen LogP contribution in [0, 0.1) is 5.92 Å². The molecule has 1 aliphatic carbocycles. The minimum Gasteiger partial charge on any atom is -0.329 e. The molecule has 0 atom stereocenters. The fraction of sp³-hybridized carbons (Fsp3) is 0.333. The molecule has 1 N–H and O–H groups in total. The average Bonchev–Trinajstić information content (AvgIpc) is 2.75. The summed E-state index contributed by atoms with van der Waals surface area (Å²) in [5, 5.41) is 3.96. The summed E-state index contributed by atoms with van der Waals surface area (Å²) in [6, 6.07) is 7.88. The molecule has 0 saturated heterocycles. The highest BCUT2D eigenvalue weighted by Gasteiger charge is 2.25. The van der Waals surface area contributed by atoms with Crippen LogP contribution in [0.3, 0.4) is 0 Å². The number of imidazole rings is 1. The lowest BCUT2D eigenvalue weighted by atomic mass is 9.85. The van der Waals surface area contributed by atoms with Gasteiger partial charge in [-0.15, -0.1) is 0 Å². The Morgan fingerprint density at radius 1 is 1.40 bits per heavy atom. The van der Waals surface area contributed by atoms with Gasteiger partial charge < -0.3 is 9.88 Å². The van der Waals surface area contributed by atoms with E-state index in [1.807, 2.05) is 42.1 Å². The molecule has 1 heterocycles. The molecule has 3 rings (SSSR count). The molecule has 1 saturated carbocycles. The van der Waals surface area contributed by atoms with Crippen molar-refractivity contribution < 1.29 is 4.79 Å². The minimum atomic E-state index is 0.143. The molecular formula is C15H17N3OS. The lowest BCUT2D eigenvalue weighted by molar-refractivity contribution is -0.122. The zero-order valence-electron chi connectivity index (χ0n) is 11.4. The second kappa shape index (κ2) is 5.71. The van der Waals surface area contributed by atoms with Crippen molar-refractivity contribution in [2.75, 3.05) is 5.32 Å². The first kappa shape index (κ1) is 13.2. The molecule has 1 aliphatic rings. The Balaban J connectivity index is 1.77. The van der Waals surface area contributed by atoms with Gasteiger partial charge in [-0.3, -0.25) is 4.79 Å². The van der Waals surface area contributed by atoms with E-state index in [1.54, 1.807) is 18.0 Å². The van der Waals surface area contributed by atoms with Gasteiger partial charge in [-0.2, -0.15) is 0 Å².